The Morgan fingerprint density at radius 1 is 0.938 bits per heavy atom. The molecule has 3 amide bonds. The van der Waals surface area contributed by atoms with Gasteiger partial charge in [-0.05, 0) is 45.0 Å². The van der Waals surface area contributed by atoms with Gasteiger partial charge in [0.2, 0.25) is 0 Å². The van der Waals surface area contributed by atoms with Crippen molar-refractivity contribution in [2.75, 3.05) is 38.6 Å². The molecule has 32 heavy (non-hydrogen) atoms. The first-order valence-corrected chi connectivity index (χ1v) is 10.3. The summed E-state index contributed by atoms with van der Waals surface area (Å²) in [5.74, 6) is 0.255. The van der Waals surface area contributed by atoms with Crippen molar-refractivity contribution in [2.45, 2.75) is 26.4 Å². The molecular formula is C23H28FN3O5. The number of halogens is 1. The minimum Gasteiger partial charge on any atom is -0.493 e. The Kier molecular flexibility index (Phi) is 7.07. The van der Waals surface area contributed by atoms with E-state index in [1.807, 2.05) is 0 Å². The van der Waals surface area contributed by atoms with Crippen LogP contribution in [-0.4, -0.2) is 60.8 Å². The molecule has 2 aromatic carbocycles. The van der Waals surface area contributed by atoms with E-state index < -0.39 is 17.5 Å². The van der Waals surface area contributed by atoms with Crippen LogP contribution >= 0.6 is 0 Å². The topological polar surface area (TPSA) is 80.3 Å². The number of anilines is 1. The van der Waals surface area contributed by atoms with Crippen molar-refractivity contribution < 1.29 is 28.2 Å². The highest BCUT2D eigenvalue weighted by Crippen LogP contribution is 2.33. The van der Waals surface area contributed by atoms with Crippen LogP contribution < -0.4 is 14.8 Å². The number of piperazine rings is 1. The number of nitrogens with zero attached hydrogens (tertiary/aromatic N) is 2. The van der Waals surface area contributed by atoms with E-state index in [0.29, 0.717) is 43.4 Å². The lowest BCUT2D eigenvalue weighted by Crippen LogP contribution is -2.52. The van der Waals surface area contributed by atoms with E-state index in [-0.39, 0.29) is 11.8 Å². The Balaban J connectivity index is 1.56. The molecule has 9 heteroatoms. The number of carbonyl (C=O) groups excluding carboxylic acids is 2. The van der Waals surface area contributed by atoms with Gasteiger partial charge in [0.05, 0.1) is 7.11 Å². The number of ether oxygens (including phenoxy) is 3. The summed E-state index contributed by atoms with van der Waals surface area (Å²) >= 11 is 0. The van der Waals surface area contributed by atoms with E-state index >= 15 is 0 Å². The lowest BCUT2D eigenvalue weighted by Gasteiger charge is -2.35. The van der Waals surface area contributed by atoms with E-state index in [1.165, 1.54) is 19.2 Å². The molecule has 0 radical (unpaired) electrons. The quantitative estimate of drug-likeness (QED) is 0.737. The SMILES string of the molecule is COc1ccccc1Oc1ccc(NC(=O)N2CCN(C(=O)OC(C)(C)C)CC2)cc1F. The first kappa shape index (κ1) is 23.2. The minimum atomic E-state index is -0.622. The number of rotatable bonds is 4. The summed E-state index contributed by atoms with van der Waals surface area (Å²) in [5, 5.41) is 2.68. The number of urea groups is 1. The summed E-state index contributed by atoms with van der Waals surface area (Å²) in [4.78, 5) is 27.8. The van der Waals surface area contributed by atoms with E-state index in [2.05, 4.69) is 5.32 Å². The third-order valence-electron chi connectivity index (χ3n) is 4.69. The number of nitrogens with one attached hydrogen (secondary N) is 1. The van der Waals surface area contributed by atoms with E-state index in [4.69, 9.17) is 14.2 Å². The van der Waals surface area contributed by atoms with Crippen LogP contribution in [0.5, 0.6) is 17.2 Å². The Morgan fingerprint density at radius 2 is 1.56 bits per heavy atom. The van der Waals surface area contributed by atoms with Gasteiger partial charge in [0.1, 0.15) is 5.60 Å². The van der Waals surface area contributed by atoms with Crippen molar-refractivity contribution in [3.8, 4) is 17.2 Å². The summed E-state index contributed by atoms with van der Waals surface area (Å²) in [6.07, 6.45) is -0.398. The average molecular weight is 445 g/mol. The van der Waals surface area contributed by atoms with Crippen LogP contribution in [0.15, 0.2) is 42.5 Å². The van der Waals surface area contributed by atoms with Gasteiger partial charge in [-0.25, -0.2) is 14.0 Å². The molecule has 8 nitrogen and oxygen atoms in total. The van der Waals surface area contributed by atoms with Crippen molar-refractivity contribution in [3.63, 3.8) is 0 Å². The van der Waals surface area contributed by atoms with Gasteiger partial charge in [-0.2, -0.15) is 0 Å². The van der Waals surface area contributed by atoms with Crippen molar-refractivity contribution in [3.05, 3.63) is 48.3 Å². The monoisotopic (exact) mass is 445 g/mol. The highest BCUT2D eigenvalue weighted by atomic mass is 19.1. The number of methoxy groups -OCH3 is 1. The van der Waals surface area contributed by atoms with Gasteiger partial charge in [-0.15, -0.1) is 0 Å². The third kappa shape index (κ3) is 6.03. The van der Waals surface area contributed by atoms with Gasteiger partial charge in [0.25, 0.3) is 0 Å². The Morgan fingerprint density at radius 3 is 2.16 bits per heavy atom. The number of carbonyl (C=O) groups is 2. The van der Waals surface area contributed by atoms with E-state index in [1.54, 1.807) is 60.9 Å². The van der Waals surface area contributed by atoms with Gasteiger partial charge < -0.3 is 29.3 Å². The third-order valence-corrected chi connectivity index (χ3v) is 4.69. The van der Waals surface area contributed by atoms with Crippen LogP contribution in [0, 0.1) is 5.82 Å². The fourth-order valence-electron chi connectivity index (χ4n) is 3.10. The number of hydrogen-bond donors (Lipinski definition) is 1. The van der Waals surface area contributed by atoms with Crippen LogP contribution in [-0.2, 0) is 4.74 Å². The molecule has 2 aromatic rings. The molecular weight excluding hydrogens is 417 g/mol. The number of benzene rings is 2. The summed E-state index contributed by atoms with van der Waals surface area (Å²) in [6.45, 7) is 6.84. The fourth-order valence-corrected chi connectivity index (χ4v) is 3.10. The average Bonchev–Trinajstić information content (AvgIpc) is 2.75. The van der Waals surface area contributed by atoms with E-state index in [9.17, 15) is 14.0 Å². The molecule has 0 aliphatic carbocycles. The largest absolute Gasteiger partial charge is 0.493 e. The maximum absolute atomic E-state index is 14.6. The fraction of sp³-hybridized carbons (Fsp3) is 0.391. The maximum Gasteiger partial charge on any atom is 0.410 e. The first-order valence-electron chi connectivity index (χ1n) is 10.3. The van der Waals surface area contributed by atoms with Gasteiger partial charge in [-0.3, -0.25) is 0 Å². The van der Waals surface area contributed by atoms with Crippen LogP contribution in [0.1, 0.15) is 20.8 Å². The number of hydrogen-bond acceptors (Lipinski definition) is 5. The number of amides is 3. The molecule has 1 heterocycles. The minimum absolute atomic E-state index is 0.0125. The molecule has 1 aliphatic rings. The van der Waals surface area contributed by atoms with Crippen LogP contribution in [0.3, 0.4) is 0 Å². The second kappa shape index (κ2) is 9.76. The summed E-state index contributed by atoms with van der Waals surface area (Å²) in [7, 11) is 1.50. The van der Waals surface area contributed by atoms with Crippen LogP contribution in [0.2, 0.25) is 0 Å². The van der Waals surface area contributed by atoms with Gasteiger partial charge in [0.15, 0.2) is 23.1 Å². The molecule has 1 aliphatic heterocycles. The molecule has 1 N–H and O–H groups in total. The van der Waals surface area contributed by atoms with Gasteiger partial charge in [0, 0.05) is 37.9 Å². The molecule has 172 valence electrons. The summed E-state index contributed by atoms with van der Waals surface area (Å²) in [6, 6.07) is 10.8. The molecule has 3 rings (SSSR count). The Hall–Kier alpha value is -3.49. The normalized spacial score (nSPS) is 14.0. The standard InChI is InChI=1S/C23H28FN3O5/c1-23(2,3)32-22(29)27-13-11-26(12-14-27)21(28)25-16-9-10-18(17(24)15-16)31-20-8-6-5-7-19(20)30-4/h5-10,15H,11-14H2,1-4H3,(H,25,28). The predicted octanol–water partition coefficient (Wildman–Crippen LogP) is 4.71. The smallest absolute Gasteiger partial charge is 0.410 e. The second-order valence-corrected chi connectivity index (χ2v) is 8.28. The van der Waals surface area contributed by atoms with Crippen molar-refractivity contribution in [2.24, 2.45) is 0 Å². The lowest BCUT2D eigenvalue weighted by molar-refractivity contribution is 0.0174. The zero-order valence-corrected chi connectivity index (χ0v) is 18.7. The van der Waals surface area contributed by atoms with Crippen molar-refractivity contribution in [1.82, 2.24) is 9.80 Å². The zero-order valence-electron chi connectivity index (χ0n) is 18.7. The van der Waals surface area contributed by atoms with Crippen molar-refractivity contribution >= 4 is 17.8 Å². The Bertz CT molecular complexity index is 968. The molecule has 0 atom stereocenters. The first-order chi connectivity index (χ1) is 15.2. The lowest BCUT2D eigenvalue weighted by atomic mass is 10.2. The molecule has 1 saturated heterocycles. The molecule has 0 spiro atoms. The summed E-state index contributed by atoms with van der Waals surface area (Å²) < 4.78 is 30.7. The number of para-hydroxylation sites is 2. The van der Waals surface area contributed by atoms with Gasteiger partial charge in [-0.1, -0.05) is 12.1 Å². The molecule has 0 aromatic heterocycles. The molecule has 0 unspecified atom stereocenters. The van der Waals surface area contributed by atoms with Crippen LogP contribution in [0.25, 0.3) is 0 Å². The highest BCUT2D eigenvalue weighted by molar-refractivity contribution is 5.89. The second-order valence-electron chi connectivity index (χ2n) is 8.28. The van der Waals surface area contributed by atoms with Crippen molar-refractivity contribution in [1.29, 1.82) is 0 Å². The molecule has 0 saturated carbocycles. The highest BCUT2D eigenvalue weighted by Gasteiger charge is 2.27. The van der Waals surface area contributed by atoms with E-state index in [0.717, 1.165) is 0 Å². The zero-order chi connectivity index (χ0) is 23.3. The summed E-state index contributed by atoms with van der Waals surface area (Å²) in [5.41, 5.74) is -0.272. The Labute approximate surface area is 186 Å². The van der Waals surface area contributed by atoms with Crippen LogP contribution in [0.4, 0.5) is 19.7 Å². The van der Waals surface area contributed by atoms with Gasteiger partial charge >= 0.3 is 12.1 Å². The molecule has 0 bridgehead atoms. The maximum atomic E-state index is 14.6. The molecule has 1 fully saturated rings. The predicted molar refractivity (Wildman–Crippen MR) is 118 cm³/mol.